The molecule has 2 aromatic rings. The van der Waals surface area contributed by atoms with Crippen LogP contribution in [0.5, 0.6) is 0 Å². The van der Waals surface area contributed by atoms with Gasteiger partial charge >= 0.3 is 5.97 Å². The van der Waals surface area contributed by atoms with E-state index < -0.39 is 5.97 Å². The van der Waals surface area contributed by atoms with Gasteiger partial charge in [-0.1, -0.05) is 11.6 Å². The molecule has 0 radical (unpaired) electrons. The minimum Gasteiger partial charge on any atom is -0.476 e. The Balaban J connectivity index is 2.46. The fourth-order valence-corrected chi connectivity index (χ4v) is 1.56. The van der Waals surface area contributed by atoms with E-state index in [-0.39, 0.29) is 5.69 Å². The lowest BCUT2D eigenvalue weighted by molar-refractivity contribution is 0.0690. The summed E-state index contributed by atoms with van der Waals surface area (Å²) < 4.78 is 1.39. The molecular weight excluding hydrogens is 230 g/mol. The number of nitrogens with zero attached hydrogens (tertiary/aromatic N) is 2. The SMILES string of the molecule is Nc1ccc(-n2ccc(C(=O)O)n2)c(Cl)c1. The van der Waals surface area contributed by atoms with E-state index in [1.807, 2.05) is 0 Å². The molecule has 1 heterocycles. The van der Waals surface area contributed by atoms with Gasteiger partial charge in [-0.25, -0.2) is 9.48 Å². The lowest BCUT2D eigenvalue weighted by Gasteiger charge is -2.04. The molecule has 0 spiro atoms. The van der Waals surface area contributed by atoms with Gasteiger partial charge in [0.2, 0.25) is 0 Å². The van der Waals surface area contributed by atoms with E-state index in [0.29, 0.717) is 16.4 Å². The number of nitrogen functional groups attached to an aromatic ring is 1. The maximum absolute atomic E-state index is 10.7. The number of hydrogen-bond acceptors (Lipinski definition) is 3. The summed E-state index contributed by atoms with van der Waals surface area (Å²) >= 11 is 5.96. The van der Waals surface area contributed by atoms with Crippen molar-refractivity contribution in [3.05, 3.63) is 41.2 Å². The van der Waals surface area contributed by atoms with Gasteiger partial charge in [-0.3, -0.25) is 0 Å². The Bertz CT molecular complexity index is 551. The number of carbonyl (C=O) groups is 1. The monoisotopic (exact) mass is 237 g/mol. The molecule has 0 atom stereocenters. The molecule has 0 saturated heterocycles. The third kappa shape index (κ3) is 1.85. The van der Waals surface area contributed by atoms with Crippen LogP contribution >= 0.6 is 11.6 Å². The van der Waals surface area contributed by atoms with Crippen LogP contribution in [0.25, 0.3) is 5.69 Å². The second-order valence-electron chi connectivity index (χ2n) is 3.16. The first kappa shape index (κ1) is 10.5. The van der Waals surface area contributed by atoms with E-state index in [2.05, 4.69) is 5.10 Å². The van der Waals surface area contributed by atoms with Crippen molar-refractivity contribution in [2.75, 3.05) is 5.73 Å². The highest BCUT2D eigenvalue weighted by Gasteiger charge is 2.09. The number of nitrogens with two attached hydrogens (primary N) is 1. The maximum Gasteiger partial charge on any atom is 0.356 e. The Labute approximate surface area is 96.1 Å². The van der Waals surface area contributed by atoms with Crippen molar-refractivity contribution in [3.63, 3.8) is 0 Å². The number of aromatic nitrogens is 2. The predicted octanol–water partition coefficient (Wildman–Crippen LogP) is 1.81. The molecular formula is C10H8ClN3O2. The Morgan fingerprint density at radius 3 is 2.75 bits per heavy atom. The molecule has 0 aliphatic carbocycles. The first-order valence-electron chi connectivity index (χ1n) is 4.42. The summed E-state index contributed by atoms with van der Waals surface area (Å²) in [4.78, 5) is 10.7. The third-order valence-corrected chi connectivity index (χ3v) is 2.33. The molecule has 2 rings (SSSR count). The number of benzene rings is 1. The number of anilines is 1. The summed E-state index contributed by atoms with van der Waals surface area (Å²) in [6.45, 7) is 0. The van der Waals surface area contributed by atoms with Crippen LogP contribution in [-0.4, -0.2) is 20.9 Å². The van der Waals surface area contributed by atoms with Crippen LogP contribution in [-0.2, 0) is 0 Å². The summed E-state index contributed by atoms with van der Waals surface area (Å²) in [6.07, 6.45) is 1.53. The van der Waals surface area contributed by atoms with Crippen molar-refractivity contribution in [2.24, 2.45) is 0 Å². The minimum absolute atomic E-state index is 0.0344. The highest BCUT2D eigenvalue weighted by molar-refractivity contribution is 6.32. The summed E-state index contributed by atoms with van der Waals surface area (Å²) in [5.41, 5.74) is 6.64. The Morgan fingerprint density at radius 2 is 2.19 bits per heavy atom. The molecule has 1 aromatic heterocycles. The zero-order valence-corrected chi connectivity index (χ0v) is 8.85. The molecule has 0 fully saturated rings. The zero-order valence-electron chi connectivity index (χ0n) is 8.09. The molecule has 0 bridgehead atoms. The Hall–Kier alpha value is -2.01. The van der Waals surface area contributed by atoms with Gasteiger partial charge in [-0.15, -0.1) is 0 Å². The molecule has 0 saturated carbocycles. The molecule has 0 aliphatic heterocycles. The summed E-state index contributed by atoms with van der Waals surface area (Å²) in [5, 5.41) is 13.0. The van der Waals surface area contributed by atoms with Crippen LogP contribution in [0.3, 0.4) is 0 Å². The fourth-order valence-electron chi connectivity index (χ4n) is 1.28. The van der Waals surface area contributed by atoms with Gasteiger partial charge in [-0.05, 0) is 24.3 Å². The van der Waals surface area contributed by atoms with Crippen molar-refractivity contribution in [1.82, 2.24) is 9.78 Å². The predicted molar refractivity (Wildman–Crippen MR) is 59.9 cm³/mol. The van der Waals surface area contributed by atoms with Crippen LogP contribution in [0.2, 0.25) is 5.02 Å². The van der Waals surface area contributed by atoms with E-state index in [0.717, 1.165) is 0 Å². The average molecular weight is 238 g/mol. The van der Waals surface area contributed by atoms with E-state index in [1.165, 1.54) is 16.9 Å². The molecule has 1 aromatic carbocycles. The number of carboxylic acid groups (broad SMARTS) is 1. The largest absolute Gasteiger partial charge is 0.476 e. The summed E-state index contributed by atoms with van der Waals surface area (Å²) in [5.74, 6) is -1.08. The first-order chi connectivity index (χ1) is 7.58. The molecule has 0 aliphatic rings. The molecule has 6 heteroatoms. The number of halogens is 1. The summed E-state index contributed by atoms with van der Waals surface area (Å²) in [7, 11) is 0. The highest BCUT2D eigenvalue weighted by Crippen LogP contribution is 2.22. The van der Waals surface area contributed by atoms with Crippen LogP contribution in [0.4, 0.5) is 5.69 Å². The average Bonchev–Trinajstić information content (AvgIpc) is 2.66. The molecule has 5 nitrogen and oxygen atoms in total. The van der Waals surface area contributed by atoms with Crippen molar-refractivity contribution >= 4 is 23.3 Å². The van der Waals surface area contributed by atoms with Crippen LogP contribution < -0.4 is 5.73 Å². The number of aromatic carboxylic acids is 1. The van der Waals surface area contributed by atoms with Crippen molar-refractivity contribution in [3.8, 4) is 5.69 Å². The van der Waals surface area contributed by atoms with E-state index >= 15 is 0 Å². The van der Waals surface area contributed by atoms with Crippen molar-refractivity contribution < 1.29 is 9.90 Å². The van der Waals surface area contributed by atoms with Crippen LogP contribution in [0, 0.1) is 0 Å². The zero-order chi connectivity index (χ0) is 11.7. The number of hydrogen-bond donors (Lipinski definition) is 2. The van der Waals surface area contributed by atoms with Gasteiger partial charge in [0.1, 0.15) is 0 Å². The molecule has 0 unspecified atom stereocenters. The highest BCUT2D eigenvalue weighted by atomic mass is 35.5. The second-order valence-corrected chi connectivity index (χ2v) is 3.57. The Kier molecular flexibility index (Phi) is 2.54. The minimum atomic E-state index is -1.08. The third-order valence-electron chi connectivity index (χ3n) is 2.03. The summed E-state index contributed by atoms with van der Waals surface area (Å²) in [6, 6.07) is 6.33. The standard InChI is InChI=1S/C10H8ClN3O2/c11-7-5-6(12)1-2-9(7)14-4-3-8(13-14)10(15)16/h1-5H,12H2,(H,15,16). The second kappa shape index (κ2) is 3.86. The topological polar surface area (TPSA) is 81.1 Å². The van der Waals surface area contributed by atoms with Crippen LogP contribution in [0.1, 0.15) is 10.5 Å². The maximum atomic E-state index is 10.7. The lowest BCUT2D eigenvalue weighted by atomic mass is 10.3. The molecule has 16 heavy (non-hydrogen) atoms. The van der Waals surface area contributed by atoms with Gasteiger partial charge < -0.3 is 10.8 Å². The van der Waals surface area contributed by atoms with Gasteiger partial charge in [0.15, 0.2) is 5.69 Å². The molecule has 82 valence electrons. The van der Waals surface area contributed by atoms with Crippen LogP contribution in [0.15, 0.2) is 30.5 Å². The van der Waals surface area contributed by atoms with Gasteiger partial charge in [0, 0.05) is 11.9 Å². The van der Waals surface area contributed by atoms with E-state index in [9.17, 15) is 4.79 Å². The Morgan fingerprint density at radius 1 is 1.44 bits per heavy atom. The number of carboxylic acids is 1. The van der Waals surface area contributed by atoms with Gasteiger partial charge in [0.05, 0.1) is 10.7 Å². The van der Waals surface area contributed by atoms with E-state index in [1.54, 1.807) is 18.2 Å². The van der Waals surface area contributed by atoms with Gasteiger partial charge in [0.25, 0.3) is 0 Å². The molecule has 0 amide bonds. The van der Waals surface area contributed by atoms with E-state index in [4.69, 9.17) is 22.4 Å². The van der Waals surface area contributed by atoms with Gasteiger partial charge in [-0.2, -0.15) is 5.10 Å². The van der Waals surface area contributed by atoms with Crippen molar-refractivity contribution in [2.45, 2.75) is 0 Å². The lowest BCUT2D eigenvalue weighted by Crippen LogP contribution is -2.01. The first-order valence-corrected chi connectivity index (χ1v) is 4.80. The quantitative estimate of drug-likeness (QED) is 0.781. The molecule has 3 N–H and O–H groups in total. The van der Waals surface area contributed by atoms with Crippen molar-refractivity contribution in [1.29, 1.82) is 0 Å². The smallest absolute Gasteiger partial charge is 0.356 e. The normalized spacial score (nSPS) is 10.3. The fraction of sp³-hybridized carbons (Fsp3) is 0. The number of rotatable bonds is 2.